The van der Waals surface area contributed by atoms with Crippen LogP contribution in [-0.4, -0.2) is 29.8 Å². The van der Waals surface area contributed by atoms with Crippen LogP contribution in [-0.2, 0) is 11.2 Å². The lowest BCUT2D eigenvalue weighted by atomic mass is 9.98. The smallest absolute Gasteiger partial charge is 0.230 e. The summed E-state index contributed by atoms with van der Waals surface area (Å²) in [5.41, 5.74) is 1.51. The summed E-state index contributed by atoms with van der Waals surface area (Å²) in [5, 5.41) is 6.33. The zero-order valence-corrected chi connectivity index (χ0v) is 15.3. The second-order valence-corrected chi connectivity index (χ2v) is 6.78. The van der Waals surface area contributed by atoms with E-state index in [2.05, 4.69) is 10.2 Å². The molecule has 1 saturated heterocycles. The minimum atomic E-state index is -1.02. The topological polar surface area (TPSA) is 58.2 Å². The summed E-state index contributed by atoms with van der Waals surface area (Å²) in [5.74, 6) is -1.75. The standard InChI is InChI=1S/C21H19F2N3O2/c1-28-16-4-2-3-13(10-16)9-14-7-8-26(21(14)27)18-6-5-17(19(22)20(18)23)15-11-24-25-12-15/h2-6,10-12,14H,7-9H2,1H3,(H,24,25). The molecule has 7 heteroatoms. The predicted molar refractivity (Wildman–Crippen MR) is 101 cm³/mol. The van der Waals surface area contributed by atoms with Crippen LogP contribution in [0.1, 0.15) is 12.0 Å². The van der Waals surface area contributed by atoms with Crippen LogP contribution < -0.4 is 9.64 Å². The Kier molecular flexibility index (Phi) is 4.81. The Balaban J connectivity index is 1.56. The van der Waals surface area contributed by atoms with E-state index < -0.39 is 11.6 Å². The van der Waals surface area contributed by atoms with Crippen LogP contribution in [0, 0.1) is 17.6 Å². The van der Waals surface area contributed by atoms with E-state index in [1.807, 2.05) is 24.3 Å². The summed E-state index contributed by atoms with van der Waals surface area (Å²) in [7, 11) is 1.59. The molecule has 4 rings (SSSR count). The van der Waals surface area contributed by atoms with E-state index in [1.165, 1.54) is 29.4 Å². The van der Waals surface area contributed by atoms with Gasteiger partial charge in [-0.2, -0.15) is 5.10 Å². The number of aromatic nitrogens is 2. The van der Waals surface area contributed by atoms with Crippen molar-refractivity contribution in [1.29, 1.82) is 0 Å². The molecule has 0 bridgehead atoms. The number of carbonyl (C=O) groups excluding carboxylic acids is 1. The minimum Gasteiger partial charge on any atom is -0.497 e. The van der Waals surface area contributed by atoms with E-state index in [0.29, 0.717) is 24.9 Å². The molecule has 2 heterocycles. The second-order valence-electron chi connectivity index (χ2n) is 6.78. The maximum atomic E-state index is 14.7. The normalized spacial score (nSPS) is 16.6. The molecule has 28 heavy (non-hydrogen) atoms. The van der Waals surface area contributed by atoms with Crippen molar-refractivity contribution < 1.29 is 18.3 Å². The number of ether oxygens (including phenoxy) is 1. The zero-order chi connectivity index (χ0) is 19.7. The van der Waals surface area contributed by atoms with Crippen LogP contribution >= 0.6 is 0 Å². The first-order chi connectivity index (χ1) is 13.6. The number of carbonyl (C=O) groups is 1. The number of nitrogens with one attached hydrogen (secondary N) is 1. The van der Waals surface area contributed by atoms with Gasteiger partial charge in [0.15, 0.2) is 11.6 Å². The molecule has 1 aromatic heterocycles. The predicted octanol–water partition coefficient (Wildman–Crippen LogP) is 3.96. The fourth-order valence-electron chi connectivity index (χ4n) is 3.62. The number of amides is 1. The first-order valence-corrected chi connectivity index (χ1v) is 9.00. The van der Waals surface area contributed by atoms with E-state index in [0.717, 1.165) is 11.3 Å². The van der Waals surface area contributed by atoms with Gasteiger partial charge in [-0.3, -0.25) is 9.89 Å². The van der Waals surface area contributed by atoms with Gasteiger partial charge in [-0.25, -0.2) is 8.78 Å². The van der Waals surface area contributed by atoms with Crippen molar-refractivity contribution in [3.8, 4) is 16.9 Å². The maximum Gasteiger partial charge on any atom is 0.230 e. The summed E-state index contributed by atoms with van der Waals surface area (Å²) in [4.78, 5) is 14.2. The summed E-state index contributed by atoms with van der Waals surface area (Å²) in [6.45, 7) is 0.356. The highest BCUT2D eigenvalue weighted by Gasteiger charge is 2.34. The van der Waals surface area contributed by atoms with Gasteiger partial charge < -0.3 is 9.64 Å². The van der Waals surface area contributed by atoms with Gasteiger partial charge in [0.05, 0.1) is 19.0 Å². The summed E-state index contributed by atoms with van der Waals surface area (Å²) in [6, 6.07) is 10.4. The molecule has 1 unspecified atom stereocenters. The zero-order valence-electron chi connectivity index (χ0n) is 15.3. The number of halogens is 2. The van der Waals surface area contributed by atoms with Crippen molar-refractivity contribution in [3.63, 3.8) is 0 Å². The van der Waals surface area contributed by atoms with Crippen molar-refractivity contribution in [2.75, 3.05) is 18.6 Å². The highest BCUT2D eigenvalue weighted by Crippen LogP contribution is 2.34. The number of anilines is 1. The lowest BCUT2D eigenvalue weighted by molar-refractivity contribution is -0.120. The van der Waals surface area contributed by atoms with Crippen molar-refractivity contribution in [3.05, 3.63) is 66.0 Å². The second kappa shape index (κ2) is 7.42. The van der Waals surface area contributed by atoms with Gasteiger partial charge in [0.2, 0.25) is 5.91 Å². The molecule has 1 amide bonds. The molecular weight excluding hydrogens is 364 g/mol. The fraction of sp³-hybridized carbons (Fsp3) is 0.238. The number of benzene rings is 2. The van der Waals surface area contributed by atoms with Crippen LogP contribution in [0.15, 0.2) is 48.8 Å². The van der Waals surface area contributed by atoms with Crippen LogP contribution in [0.2, 0.25) is 0 Å². The highest BCUT2D eigenvalue weighted by atomic mass is 19.2. The van der Waals surface area contributed by atoms with E-state index in [-0.39, 0.29) is 23.1 Å². The largest absolute Gasteiger partial charge is 0.497 e. The minimum absolute atomic E-state index is 0.0251. The molecule has 1 atom stereocenters. The summed E-state index contributed by atoms with van der Waals surface area (Å²) >= 11 is 0. The van der Waals surface area contributed by atoms with E-state index in [4.69, 9.17) is 4.74 Å². The SMILES string of the molecule is COc1cccc(CC2CCN(c3ccc(-c4cn[nH]c4)c(F)c3F)C2=O)c1. The number of hydrogen-bond acceptors (Lipinski definition) is 3. The van der Waals surface area contributed by atoms with Crippen LogP contribution in [0.25, 0.3) is 11.1 Å². The monoisotopic (exact) mass is 383 g/mol. The first-order valence-electron chi connectivity index (χ1n) is 9.00. The molecule has 3 aromatic rings. The van der Waals surface area contributed by atoms with E-state index >= 15 is 0 Å². The van der Waals surface area contributed by atoms with Crippen molar-refractivity contribution in [1.82, 2.24) is 10.2 Å². The van der Waals surface area contributed by atoms with E-state index in [1.54, 1.807) is 7.11 Å². The molecule has 1 aliphatic rings. The lowest BCUT2D eigenvalue weighted by Gasteiger charge is -2.19. The molecule has 0 radical (unpaired) electrons. The molecule has 144 valence electrons. The van der Waals surface area contributed by atoms with Gasteiger partial charge in [0.25, 0.3) is 0 Å². The Hall–Kier alpha value is -3.22. The fourth-order valence-corrected chi connectivity index (χ4v) is 3.62. The van der Waals surface area contributed by atoms with Gasteiger partial charge in [-0.1, -0.05) is 12.1 Å². The van der Waals surface area contributed by atoms with Crippen molar-refractivity contribution in [2.24, 2.45) is 5.92 Å². The van der Waals surface area contributed by atoms with Crippen LogP contribution in [0.4, 0.5) is 14.5 Å². The van der Waals surface area contributed by atoms with Gasteiger partial charge >= 0.3 is 0 Å². The van der Waals surface area contributed by atoms with Crippen molar-refractivity contribution >= 4 is 11.6 Å². The quantitative estimate of drug-likeness (QED) is 0.726. The average molecular weight is 383 g/mol. The molecule has 1 fully saturated rings. The summed E-state index contributed by atoms with van der Waals surface area (Å²) < 4.78 is 34.5. The Morgan fingerprint density at radius 1 is 1.25 bits per heavy atom. The Morgan fingerprint density at radius 2 is 2.11 bits per heavy atom. The summed E-state index contributed by atoms with van der Waals surface area (Å²) in [6.07, 6.45) is 4.02. The van der Waals surface area contributed by atoms with Gasteiger partial charge in [-0.05, 0) is 42.7 Å². The third kappa shape index (κ3) is 3.24. The first kappa shape index (κ1) is 18.2. The molecule has 0 spiro atoms. The lowest BCUT2D eigenvalue weighted by Crippen LogP contribution is -2.28. The molecule has 1 aliphatic heterocycles. The number of H-pyrrole nitrogens is 1. The maximum absolute atomic E-state index is 14.7. The molecule has 5 nitrogen and oxygen atoms in total. The number of nitrogens with zero attached hydrogens (tertiary/aromatic N) is 2. The molecule has 2 aromatic carbocycles. The Morgan fingerprint density at radius 3 is 2.86 bits per heavy atom. The van der Waals surface area contributed by atoms with Crippen LogP contribution in [0.5, 0.6) is 5.75 Å². The van der Waals surface area contributed by atoms with Gasteiger partial charge in [0.1, 0.15) is 5.75 Å². The number of hydrogen-bond donors (Lipinski definition) is 1. The van der Waals surface area contributed by atoms with Gasteiger partial charge in [-0.15, -0.1) is 0 Å². The molecule has 0 saturated carbocycles. The molecule has 0 aliphatic carbocycles. The van der Waals surface area contributed by atoms with Crippen LogP contribution in [0.3, 0.4) is 0 Å². The number of methoxy groups -OCH3 is 1. The number of rotatable bonds is 5. The molecular formula is C21H19F2N3O2. The van der Waals surface area contributed by atoms with E-state index in [9.17, 15) is 13.6 Å². The third-order valence-corrected chi connectivity index (χ3v) is 5.09. The number of aromatic amines is 1. The Bertz CT molecular complexity index is 1000. The Labute approximate surface area is 160 Å². The van der Waals surface area contributed by atoms with Gasteiger partial charge in [0, 0.05) is 29.8 Å². The molecule has 1 N–H and O–H groups in total. The average Bonchev–Trinajstić information content (AvgIpc) is 3.35. The third-order valence-electron chi connectivity index (χ3n) is 5.09. The van der Waals surface area contributed by atoms with Crippen molar-refractivity contribution in [2.45, 2.75) is 12.8 Å². The highest BCUT2D eigenvalue weighted by molar-refractivity contribution is 5.97.